The highest BCUT2D eigenvalue weighted by Crippen LogP contribution is 2.25. The molecule has 1 aromatic heterocycles. The average molecular weight is 279 g/mol. The Hall–Kier alpha value is -2.18. The number of aryl methyl sites for hydroxylation is 1. The van der Waals surface area contributed by atoms with Gasteiger partial charge in [0.15, 0.2) is 0 Å². The molecule has 0 unspecified atom stereocenters. The molecule has 2 rings (SSSR count). The molecule has 7 nitrogen and oxygen atoms in total. The number of aromatic nitrogens is 2. The van der Waals surface area contributed by atoms with E-state index in [1.807, 2.05) is 0 Å². The molecule has 1 saturated carbocycles. The summed E-state index contributed by atoms with van der Waals surface area (Å²) in [6, 6.07) is -0.198. The molecule has 0 aliphatic heterocycles. The summed E-state index contributed by atoms with van der Waals surface area (Å²) in [4.78, 5) is 34.8. The van der Waals surface area contributed by atoms with Crippen LogP contribution in [0.5, 0.6) is 0 Å². The number of hydrogen-bond acceptors (Lipinski definition) is 4. The maximum absolute atomic E-state index is 12.2. The van der Waals surface area contributed by atoms with Crippen molar-refractivity contribution in [1.29, 1.82) is 0 Å². The van der Waals surface area contributed by atoms with Crippen molar-refractivity contribution in [3.8, 4) is 0 Å². The predicted octanol–water partition coefficient (Wildman–Crippen LogP) is 0.370. The van der Waals surface area contributed by atoms with Crippen molar-refractivity contribution in [2.24, 2.45) is 5.92 Å². The molecule has 3 N–H and O–H groups in total. The van der Waals surface area contributed by atoms with Crippen molar-refractivity contribution in [3.63, 3.8) is 0 Å². The van der Waals surface area contributed by atoms with Gasteiger partial charge < -0.3 is 10.4 Å². The zero-order valence-corrected chi connectivity index (χ0v) is 11.4. The first-order valence-corrected chi connectivity index (χ1v) is 6.49. The number of amides is 1. The van der Waals surface area contributed by atoms with E-state index in [9.17, 15) is 14.4 Å². The van der Waals surface area contributed by atoms with Crippen LogP contribution in [0, 0.1) is 19.8 Å². The van der Waals surface area contributed by atoms with Gasteiger partial charge in [0.2, 0.25) is 0 Å². The first-order chi connectivity index (χ1) is 9.40. The van der Waals surface area contributed by atoms with Crippen LogP contribution in [0.25, 0.3) is 0 Å². The largest absolute Gasteiger partial charge is 0.481 e. The molecular formula is C13H17N3O4. The Morgan fingerprint density at radius 2 is 2.05 bits per heavy atom. The fourth-order valence-electron chi connectivity index (χ4n) is 2.49. The molecule has 1 aliphatic rings. The van der Waals surface area contributed by atoms with Crippen LogP contribution in [0.4, 0.5) is 0 Å². The first-order valence-electron chi connectivity index (χ1n) is 6.49. The van der Waals surface area contributed by atoms with E-state index < -0.39 is 23.4 Å². The van der Waals surface area contributed by atoms with Crippen LogP contribution >= 0.6 is 0 Å². The first kappa shape index (κ1) is 14.2. The van der Waals surface area contributed by atoms with E-state index in [1.54, 1.807) is 13.8 Å². The van der Waals surface area contributed by atoms with Gasteiger partial charge in [-0.1, -0.05) is 0 Å². The highest BCUT2D eigenvalue weighted by atomic mass is 16.4. The van der Waals surface area contributed by atoms with Crippen molar-refractivity contribution in [3.05, 3.63) is 27.2 Å². The summed E-state index contributed by atoms with van der Waals surface area (Å²) in [5, 5.41) is 17.7. The third kappa shape index (κ3) is 2.71. The summed E-state index contributed by atoms with van der Waals surface area (Å²) < 4.78 is 0. The molecular weight excluding hydrogens is 262 g/mol. The Bertz CT molecular complexity index is 608. The van der Waals surface area contributed by atoms with Crippen LogP contribution in [0.1, 0.15) is 40.9 Å². The van der Waals surface area contributed by atoms with Gasteiger partial charge in [-0.3, -0.25) is 14.4 Å². The zero-order chi connectivity index (χ0) is 14.9. The second-order valence-electron chi connectivity index (χ2n) is 5.16. The number of carbonyl (C=O) groups excluding carboxylic acids is 1. The molecule has 0 saturated heterocycles. The lowest BCUT2D eigenvalue weighted by Crippen LogP contribution is -2.37. The summed E-state index contributed by atoms with van der Waals surface area (Å²) in [6.45, 7) is 3.37. The Labute approximate surface area is 115 Å². The lowest BCUT2D eigenvalue weighted by molar-refractivity contribution is -0.141. The van der Waals surface area contributed by atoms with Gasteiger partial charge in [0, 0.05) is 6.04 Å². The number of nitrogens with one attached hydrogen (secondary N) is 2. The molecule has 1 aromatic rings. The molecule has 1 heterocycles. The van der Waals surface area contributed by atoms with Crippen molar-refractivity contribution in [1.82, 2.24) is 15.5 Å². The fourth-order valence-corrected chi connectivity index (χ4v) is 2.49. The molecule has 0 aromatic carbocycles. The lowest BCUT2D eigenvalue weighted by atomic mass is 10.1. The smallest absolute Gasteiger partial charge is 0.306 e. The van der Waals surface area contributed by atoms with E-state index in [-0.39, 0.29) is 11.6 Å². The summed E-state index contributed by atoms with van der Waals surface area (Å²) in [5.74, 6) is -1.72. The second kappa shape index (κ2) is 5.44. The molecule has 1 aliphatic carbocycles. The summed E-state index contributed by atoms with van der Waals surface area (Å²) in [5.41, 5.74) is 0.651. The number of rotatable bonds is 3. The van der Waals surface area contributed by atoms with E-state index in [2.05, 4.69) is 15.5 Å². The maximum atomic E-state index is 12.2. The third-order valence-electron chi connectivity index (χ3n) is 3.81. The van der Waals surface area contributed by atoms with Gasteiger partial charge >= 0.3 is 5.97 Å². The van der Waals surface area contributed by atoms with Gasteiger partial charge in [0.1, 0.15) is 5.56 Å². The third-order valence-corrected chi connectivity index (χ3v) is 3.81. The van der Waals surface area contributed by atoms with E-state index in [4.69, 9.17) is 5.11 Å². The highest BCUT2D eigenvalue weighted by Gasteiger charge is 2.31. The Morgan fingerprint density at radius 1 is 1.35 bits per heavy atom. The van der Waals surface area contributed by atoms with E-state index in [0.29, 0.717) is 30.5 Å². The van der Waals surface area contributed by atoms with E-state index in [0.717, 1.165) is 0 Å². The number of carboxylic acid groups (broad SMARTS) is 1. The minimum absolute atomic E-state index is 0.0521. The van der Waals surface area contributed by atoms with Gasteiger partial charge in [0.25, 0.3) is 11.5 Å². The molecule has 20 heavy (non-hydrogen) atoms. The number of hydrogen-bond donors (Lipinski definition) is 3. The monoisotopic (exact) mass is 279 g/mol. The van der Waals surface area contributed by atoms with Crippen molar-refractivity contribution < 1.29 is 14.7 Å². The van der Waals surface area contributed by atoms with Crippen LogP contribution in [-0.2, 0) is 4.79 Å². The molecule has 0 radical (unpaired) electrons. The topological polar surface area (TPSA) is 112 Å². The minimum Gasteiger partial charge on any atom is -0.481 e. The molecule has 7 heteroatoms. The number of H-pyrrole nitrogens is 1. The van der Waals surface area contributed by atoms with Crippen molar-refractivity contribution in [2.75, 3.05) is 0 Å². The summed E-state index contributed by atoms with van der Waals surface area (Å²) in [6.07, 6.45) is 1.57. The molecule has 0 spiro atoms. The second-order valence-corrected chi connectivity index (χ2v) is 5.16. The molecule has 0 bridgehead atoms. The van der Waals surface area contributed by atoms with Crippen LogP contribution in [0.2, 0.25) is 0 Å². The van der Waals surface area contributed by atoms with Gasteiger partial charge in [-0.25, -0.2) is 5.10 Å². The quantitative estimate of drug-likeness (QED) is 0.740. The van der Waals surface area contributed by atoms with Gasteiger partial charge in [-0.15, -0.1) is 0 Å². The summed E-state index contributed by atoms with van der Waals surface area (Å²) in [7, 11) is 0. The predicted molar refractivity (Wildman–Crippen MR) is 70.6 cm³/mol. The Morgan fingerprint density at radius 3 is 2.65 bits per heavy atom. The molecule has 1 fully saturated rings. The molecule has 2 atom stereocenters. The number of carboxylic acids is 1. The lowest BCUT2D eigenvalue weighted by Gasteiger charge is -2.13. The highest BCUT2D eigenvalue weighted by molar-refractivity contribution is 5.95. The van der Waals surface area contributed by atoms with Crippen LogP contribution in [0.3, 0.4) is 0 Å². The minimum atomic E-state index is -0.837. The Kier molecular flexibility index (Phi) is 3.87. The molecule has 108 valence electrons. The fraction of sp³-hybridized carbons (Fsp3) is 0.538. The van der Waals surface area contributed by atoms with Crippen molar-refractivity contribution >= 4 is 11.9 Å². The number of aromatic amines is 1. The van der Waals surface area contributed by atoms with E-state index in [1.165, 1.54) is 0 Å². The SMILES string of the molecule is Cc1n[nH]c(=O)c(C(=O)N[C@H]2CC[C@@H](C(=O)O)C2)c1C. The summed E-state index contributed by atoms with van der Waals surface area (Å²) >= 11 is 0. The number of carbonyl (C=O) groups is 2. The standard InChI is InChI=1S/C13H17N3O4/c1-6-7(2)15-16-12(18)10(6)11(17)14-9-4-3-8(5-9)13(19)20/h8-9H,3-5H2,1-2H3,(H,14,17)(H,16,18)(H,19,20)/t8-,9+/m1/s1. The van der Waals surface area contributed by atoms with Crippen LogP contribution in [0.15, 0.2) is 4.79 Å². The van der Waals surface area contributed by atoms with Gasteiger partial charge in [-0.05, 0) is 38.7 Å². The normalized spacial score (nSPS) is 21.7. The zero-order valence-electron chi connectivity index (χ0n) is 11.4. The van der Waals surface area contributed by atoms with Gasteiger partial charge in [0.05, 0.1) is 11.6 Å². The number of aliphatic carboxylic acids is 1. The van der Waals surface area contributed by atoms with Crippen LogP contribution < -0.4 is 10.9 Å². The Balaban J connectivity index is 2.12. The molecule has 1 amide bonds. The van der Waals surface area contributed by atoms with Crippen LogP contribution in [-0.4, -0.2) is 33.2 Å². The average Bonchev–Trinajstić information content (AvgIpc) is 2.83. The van der Waals surface area contributed by atoms with Gasteiger partial charge in [-0.2, -0.15) is 5.10 Å². The number of nitrogens with zero attached hydrogens (tertiary/aromatic N) is 1. The van der Waals surface area contributed by atoms with E-state index >= 15 is 0 Å². The van der Waals surface area contributed by atoms with Crippen molar-refractivity contribution in [2.45, 2.75) is 39.2 Å². The maximum Gasteiger partial charge on any atom is 0.306 e.